The lowest BCUT2D eigenvalue weighted by atomic mass is 10.2. The Labute approximate surface area is 140 Å². The molecule has 1 saturated carbocycles. The second kappa shape index (κ2) is 6.04. The molecule has 122 valence electrons. The number of aliphatic carboxylic acids is 1. The van der Waals surface area contributed by atoms with E-state index in [-0.39, 0.29) is 6.61 Å². The number of ether oxygens (including phenoxy) is 1. The van der Waals surface area contributed by atoms with Gasteiger partial charge in [0.25, 0.3) is 0 Å². The maximum Gasteiger partial charge on any atom is 0.341 e. The predicted octanol–water partition coefficient (Wildman–Crippen LogP) is 4.03. The van der Waals surface area contributed by atoms with Gasteiger partial charge in [0, 0.05) is 17.6 Å². The van der Waals surface area contributed by atoms with Crippen molar-refractivity contribution in [1.29, 1.82) is 0 Å². The molecular formula is C20H19NO3. The van der Waals surface area contributed by atoms with Gasteiger partial charge in [0.2, 0.25) is 0 Å². The Morgan fingerprint density at radius 3 is 2.62 bits per heavy atom. The summed E-state index contributed by atoms with van der Waals surface area (Å²) in [6.07, 6.45) is 2.44. The number of carboxylic acids is 1. The fraction of sp³-hybridized carbons (Fsp3) is 0.250. The first-order chi connectivity index (χ1) is 11.7. The number of benzene rings is 2. The molecular weight excluding hydrogens is 302 g/mol. The Kier molecular flexibility index (Phi) is 3.73. The summed E-state index contributed by atoms with van der Waals surface area (Å²) in [5, 5.41) is 9.87. The van der Waals surface area contributed by atoms with E-state index in [0.29, 0.717) is 11.7 Å². The molecule has 1 fully saturated rings. The zero-order valence-electron chi connectivity index (χ0n) is 13.3. The third-order valence-electron chi connectivity index (χ3n) is 4.47. The lowest BCUT2D eigenvalue weighted by molar-refractivity contribution is -0.139. The van der Waals surface area contributed by atoms with E-state index in [1.807, 2.05) is 18.2 Å². The third-order valence-corrected chi connectivity index (χ3v) is 4.47. The van der Waals surface area contributed by atoms with Crippen molar-refractivity contribution in [2.75, 3.05) is 6.61 Å². The first-order valence-corrected chi connectivity index (χ1v) is 8.23. The zero-order valence-corrected chi connectivity index (χ0v) is 13.3. The molecule has 4 heteroatoms. The van der Waals surface area contributed by atoms with Crippen molar-refractivity contribution < 1.29 is 14.6 Å². The molecule has 4 nitrogen and oxygen atoms in total. The van der Waals surface area contributed by atoms with Crippen LogP contribution in [0, 0.1) is 0 Å². The van der Waals surface area contributed by atoms with Crippen molar-refractivity contribution in [3.05, 3.63) is 65.9 Å². The number of hydrogen-bond acceptors (Lipinski definition) is 2. The maximum atomic E-state index is 10.8. The normalized spacial score (nSPS) is 14.0. The average Bonchev–Trinajstić information content (AvgIpc) is 3.37. The first-order valence-electron chi connectivity index (χ1n) is 8.23. The smallest absolute Gasteiger partial charge is 0.341 e. The van der Waals surface area contributed by atoms with E-state index in [1.165, 1.54) is 24.1 Å². The van der Waals surface area contributed by atoms with Crippen LogP contribution < -0.4 is 4.74 Å². The molecule has 1 heterocycles. The molecule has 3 aromatic rings. The van der Waals surface area contributed by atoms with Gasteiger partial charge in [-0.3, -0.25) is 0 Å². The Morgan fingerprint density at radius 2 is 1.92 bits per heavy atom. The fourth-order valence-electron chi connectivity index (χ4n) is 3.20. The van der Waals surface area contributed by atoms with E-state index in [2.05, 4.69) is 41.0 Å². The van der Waals surface area contributed by atoms with Crippen LogP contribution in [0.2, 0.25) is 0 Å². The molecule has 0 saturated heterocycles. The van der Waals surface area contributed by atoms with Gasteiger partial charge in [-0.25, -0.2) is 4.79 Å². The van der Waals surface area contributed by atoms with Crippen molar-refractivity contribution in [3.63, 3.8) is 0 Å². The highest BCUT2D eigenvalue weighted by Crippen LogP contribution is 2.43. The molecule has 0 unspecified atom stereocenters. The topological polar surface area (TPSA) is 51.5 Å². The second-order valence-electron chi connectivity index (χ2n) is 6.29. The Bertz CT molecular complexity index is 879. The fourth-order valence-corrected chi connectivity index (χ4v) is 3.20. The zero-order chi connectivity index (χ0) is 16.5. The number of aromatic nitrogens is 1. The highest BCUT2D eigenvalue weighted by atomic mass is 16.5. The van der Waals surface area contributed by atoms with Gasteiger partial charge in [0.1, 0.15) is 5.75 Å². The summed E-state index contributed by atoms with van der Waals surface area (Å²) in [5.41, 5.74) is 3.68. The molecule has 0 bridgehead atoms. The number of carboxylic acid groups (broad SMARTS) is 1. The van der Waals surface area contributed by atoms with Crippen LogP contribution in [0.25, 0.3) is 10.9 Å². The summed E-state index contributed by atoms with van der Waals surface area (Å²) in [7, 11) is 0. The minimum Gasteiger partial charge on any atom is -0.481 e. The maximum absolute atomic E-state index is 10.8. The van der Waals surface area contributed by atoms with Crippen LogP contribution in [0.5, 0.6) is 5.75 Å². The van der Waals surface area contributed by atoms with Crippen LogP contribution in [-0.2, 0) is 11.3 Å². The van der Waals surface area contributed by atoms with E-state index in [9.17, 15) is 4.79 Å². The molecule has 1 N–H and O–H groups in total. The first kappa shape index (κ1) is 14.8. The highest BCUT2D eigenvalue weighted by Gasteiger charge is 2.28. The van der Waals surface area contributed by atoms with Gasteiger partial charge in [0.15, 0.2) is 6.61 Å². The Hall–Kier alpha value is -2.75. The van der Waals surface area contributed by atoms with Crippen molar-refractivity contribution >= 4 is 16.9 Å². The standard InChI is InChI=1S/C20H19NO3/c22-20(23)13-24-19-8-4-7-17-16(19)11-18(15-9-10-15)21(17)12-14-5-2-1-3-6-14/h1-8,11,15H,9-10,12-13H2,(H,22,23). The molecule has 0 aliphatic heterocycles. The van der Waals surface area contributed by atoms with E-state index in [1.54, 1.807) is 0 Å². The van der Waals surface area contributed by atoms with Crippen LogP contribution in [-0.4, -0.2) is 22.2 Å². The van der Waals surface area contributed by atoms with Crippen LogP contribution in [0.15, 0.2) is 54.6 Å². The number of carbonyl (C=O) groups is 1. The predicted molar refractivity (Wildman–Crippen MR) is 92.6 cm³/mol. The summed E-state index contributed by atoms with van der Waals surface area (Å²) < 4.78 is 7.83. The summed E-state index contributed by atoms with van der Waals surface area (Å²) >= 11 is 0. The quantitative estimate of drug-likeness (QED) is 0.746. The van der Waals surface area contributed by atoms with Crippen molar-refractivity contribution in [2.45, 2.75) is 25.3 Å². The minimum absolute atomic E-state index is 0.318. The van der Waals surface area contributed by atoms with Gasteiger partial charge in [-0.2, -0.15) is 0 Å². The number of rotatable bonds is 6. The van der Waals surface area contributed by atoms with Crippen LogP contribution in [0.1, 0.15) is 30.0 Å². The van der Waals surface area contributed by atoms with Gasteiger partial charge in [-0.05, 0) is 42.5 Å². The van der Waals surface area contributed by atoms with E-state index < -0.39 is 5.97 Å². The van der Waals surface area contributed by atoms with Crippen LogP contribution >= 0.6 is 0 Å². The van der Waals surface area contributed by atoms with E-state index in [4.69, 9.17) is 9.84 Å². The molecule has 0 radical (unpaired) electrons. The van der Waals surface area contributed by atoms with Crippen molar-refractivity contribution in [1.82, 2.24) is 4.57 Å². The summed E-state index contributed by atoms with van der Waals surface area (Å²) in [6, 6.07) is 18.4. The summed E-state index contributed by atoms with van der Waals surface area (Å²) in [4.78, 5) is 10.8. The van der Waals surface area contributed by atoms with E-state index in [0.717, 1.165) is 17.4 Å². The molecule has 0 spiro atoms. The van der Waals surface area contributed by atoms with Gasteiger partial charge in [-0.15, -0.1) is 0 Å². The molecule has 0 amide bonds. The van der Waals surface area contributed by atoms with Gasteiger partial charge < -0.3 is 14.4 Å². The Balaban J connectivity index is 1.78. The largest absolute Gasteiger partial charge is 0.481 e. The third kappa shape index (κ3) is 2.87. The summed E-state index contributed by atoms with van der Waals surface area (Å²) in [6.45, 7) is 0.500. The highest BCUT2D eigenvalue weighted by molar-refractivity contribution is 5.88. The van der Waals surface area contributed by atoms with Crippen molar-refractivity contribution in [3.8, 4) is 5.75 Å². The van der Waals surface area contributed by atoms with Gasteiger partial charge in [-0.1, -0.05) is 36.4 Å². The molecule has 24 heavy (non-hydrogen) atoms. The summed E-state index contributed by atoms with van der Waals surface area (Å²) in [5.74, 6) is 0.287. The minimum atomic E-state index is -0.960. The van der Waals surface area contributed by atoms with Gasteiger partial charge in [0.05, 0.1) is 5.52 Å². The lowest BCUT2D eigenvalue weighted by Crippen LogP contribution is -2.09. The number of fused-ring (bicyclic) bond motifs is 1. The molecule has 0 atom stereocenters. The van der Waals surface area contributed by atoms with Crippen LogP contribution in [0.3, 0.4) is 0 Å². The van der Waals surface area contributed by atoms with Crippen molar-refractivity contribution in [2.24, 2.45) is 0 Å². The Morgan fingerprint density at radius 1 is 1.12 bits per heavy atom. The van der Waals surface area contributed by atoms with Crippen LogP contribution in [0.4, 0.5) is 0 Å². The van der Waals surface area contributed by atoms with E-state index >= 15 is 0 Å². The number of hydrogen-bond donors (Lipinski definition) is 1. The molecule has 4 rings (SSSR count). The van der Waals surface area contributed by atoms with Gasteiger partial charge >= 0.3 is 5.97 Å². The monoisotopic (exact) mass is 321 g/mol. The lowest BCUT2D eigenvalue weighted by Gasteiger charge is -2.11. The second-order valence-corrected chi connectivity index (χ2v) is 6.29. The molecule has 1 aliphatic carbocycles. The molecule has 1 aromatic heterocycles. The molecule has 1 aliphatic rings. The average molecular weight is 321 g/mol. The SMILES string of the molecule is O=C(O)COc1cccc2c1cc(C1CC1)n2Cc1ccccc1. The molecule has 2 aromatic carbocycles. The number of nitrogens with zero attached hydrogens (tertiary/aromatic N) is 1.